The van der Waals surface area contributed by atoms with Crippen molar-refractivity contribution in [3.05, 3.63) is 139 Å². The predicted molar refractivity (Wildman–Crippen MR) is 181 cm³/mol. The van der Waals surface area contributed by atoms with Gasteiger partial charge in [0.1, 0.15) is 0 Å². The van der Waals surface area contributed by atoms with Crippen molar-refractivity contribution in [3.63, 3.8) is 0 Å². The number of hydrogen-bond donors (Lipinski definition) is 0. The molecule has 0 aliphatic carbocycles. The molecule has 1 heterocycles. The van der Waals surface area contributed by atoms with E-state index in [1.54, 1.807) is 0 Å². The predicted octanol–water partition coefficient (Wildman–Crippen LogP) is 10.2. The van der Waals surface area contributed by atoms with Crippen molar-refractivity contribution < 1.29 is 20.8 Å². The molecule has 6 aromatic carbocycles. The third-order valence-corrected chi connectivity index (χ3v) is 9.29. The van der Waals surface area contributed by atoms with Crippen LogP contribution in [0.3, 0.4) is 0 Å². The Bertz CT molecular complexity index is 1730. The zero-order chi connectivity index (χ0) is 29.5. The van der Waals surface area contributed by atoms with Gasteiger partial charge in [-0.1, -0.05) is 121 Å². The SMILES string of the molecule is CCC(C)c1cc2c(-c3ccccc3-c3ccccc3)c(C)ccc2[cH-]1.[Cl][Zr+2][Cl].[c-]1cccc2c1[Si]c1ccccc1-2. The molecule has 0 saturated heterocycles. The standard InChI is InChI=1S/C26H25.C12H7Si.2ClH.Zr/c1-4-18(2)22-16-21-15-14-19(3)26(25(21)17-22)24-13-9-8-12-23(24)20-10-6-5-7-11-20;1-3-7-11-9(5-1)10-6-2-4-8-12(10)13-11;;;/h5-18H,4H2,1-3H3;1-7H;2*1H;/q2*-1;;;+4/p-2. The Kier molecular flexibility index (Phi) is 10.8. The van der Waals surface area contributed by atoms with Crippen LogP contribution in [0.4, 0.5) is 0 Å². The van der Waals surface area contributed by atoms with Crippen LogP contribution in [0.5, 0.6) is 0 Å². The van der Waals surface area contributed by atoms with Crippen LogP contribution >= 0.6 is 17.0 Å². The van der Waals surface area contributed by atoms with Gasteiger partial charge in [0.05, 0.1) is 9.52 Å². The van der Waals surface area contributed by atoms with Crippen LogP contribution in [-0.2, 0) is 20.8 Å². The summed E-state index contributed by atoms with van der Waals surface area (Å²) in [6.07, 6.45) is 1.17. The van der Waals surface area contributed by atoms with Crippen LogP contribution < -0.4 is 10.4 Å². The molecule has 7 rings (SSSR count). The number of hydrogen-bond acceptors (Lipinski definition) is 0. The molecular weight excluding hydrogens is 647 g/mol. The van der Waals surface area contributed by atoms with Crippen molar-refractivity contribution >= 4 is 47.7 Å². The number of halogens is 2. The van der Waals surface area contributed by atoms with Crippen LogP contribution in [0.15, 0.2) is 121 Å². The maximum absolute atomic E-state index is 4.93. The second-order valence-electron chi connectivity index (χ2n) is 10.5. The van der Waals surface area contributed by atoms with E-state index in [0.717, 1.165) is 9.52 Å². The topological polar surface area (TPSA) is 0 Å². The van der Waals surface area contributed by atoms with Gasteiger partial charge in [-0.3, -0.25) is 0 Å². The summed E-state index contributed by atoms with van der Waals surface area (Å²) in [5.74, 6) is 0.597. The van der Waals surface area contributed by atoms with Crippen LogP contribution in [0.25, 0.3) is 44.2 Å². The van der Waals surface area contributed by atoms with Crippen LogP contribution in [0.2, 0.25) is 0 Å². The van der Waals surface area contributed by atoms with E-state index in [1.165, 1.54) is 72.1 Å². The van der Waals surface area contributed by atoms with Crippen molar-refractivity contribution in [2.24, 2.45) is 0 Å². The van der Waals surface area contributed by atoms with E-state index in [0.29, 0.717) is 5.92 Å². The van der Waals surface area contributed by atoms with Crippen LogP contribution in [0.1, 0.15) is 37.3 Å². The second kappa shape index (κ2) is 14.7. The molecule has 1 atom stereocenters. The van der Waals surface area contributed by atoms with E-state index in [9.17, 15) is 0 Å². The molecule has 0 saturated carbocycles. The van der Waals surface area contributed by atoms with Gasteiger partial charge in [-0.2, -0.15) is 35.5 Å². The molecule has 0 N–H and O–H groups in total. The van der Waals surface area contributed by atoms with E-state index in [4.69, 9.17) is 17.0 Å². The molecule has 42 heavy (non-hydrogen) atoms. The zero-order valence-electron chi connectivity index (χ0n) is 24.1. The fraction of sp³-hybridized carbons (Fsp3) is 0.132. The van der Waals surface area contributed by atoms with Crippen molar-refractivity contribution in [2.75, 3.05) is 0 Å². The molecule has 0 aromatic heterocycles. The Morgan fingerprint density at radius 3 is 2.17 bits per heavy atom. The summed E-state index contributed by atoms with van der Waals surface area (Å²) in [5.41, 5.74) is 10.8. The molecule has 0 nitrogen and oxygen atoms in total. The average Bonchev–Trinajstić information content (AvgIpc) is 3.64. The summed E-state index contributed by atoms with van der Waals surface area (Å²) in [6, 6.07) is 47.0. The van der Waals surface area contributed by atoms with Gasteiger partial charge in [0.25, 0.3) is 0 Å². The van der Waals surface area contributed by atoms with Gasteiger partial charge in [0.2, 0.25) is 0 Å². The average molecular weight is 679 g/mol. The molecule has 1 aliphatic rings. The Balaban J connectivity index is 0.000000183. The minimum Gasteiger partial charge on any atom is -0.184 e. The van der Waals surface area contributed by atoms with E-state index in [1.807, 2.05) is 6.07 Å². The van der Waals surface area contributed by atoms with Gasteiger partial charge in [-0.05, 0) is 29.5 Å². The normalized spacial score (nSPS) is 11.7. The molecule has 0 bridgehead atoms. The van der Waals surface area contributed by atoms with E-state index in [-0.39, 0.29) is 0 Å². The summed E-state index contributed by atoms with van der Waals surface area (Å²) in [6.45, 7) is 6.81. The van der Waals surface area contributed by atoms with Crippen molar-refractivity contribution in [2.45, 2.75) is 33.1 Å². The fourth-order valence-corrected chi connectivity index (χ4v) is 6.90. The van der Waals surface area contributed by atoms with Gasteiger partial charge in [-0.25, -0.2) is 0 Å². The molecule has 0 spiro atoms. The summed E-state index contributed by atoms with van der Waals surface area (Å²) in [4.78, 5) is 0. The van der Waals surface area contributed by atoms with E-state index in [2.05, 4.69) is 142 Å². The molecular formula is C38H32Cl2SiZr. The molecule has 0 amide bonds. The van der Waals surface area contributed by atoms with Gasteiger partial charge in [-0.15, -0.1) is 40.1 Å². The smallest absolute Gasteiger partial charge is 0.0920 e. The number of fused-ring (bicyclic) bond motifs is 4. The number of benzene rings is 5. The fourth-order valence-electron chi connectivity index (χ4n) is 5.59. The quantitative estimate of drug-likeness (QED) is 0.128. The minimum atomic E-state index is -0.826. The van der Waals surface area contributed by atoms with Gasteiger partial charge in [0, 0.05) is 0 Å². The van der Waals surface area contributed by atoms with Gasteiger partial charge in [0.15, 0.2) is 0 Å². The first-order valence-corrected chi connectivity index (χ1v) is 21.6. The molecule has 1 unspecified atom stereocenters. The Hall–Kier alpha value is -2.61. The van der Waals surface area contributed by atoms with E-state index >= 15 is 0 Å². The molecule has 4 heteroatoms. The summed E-state index contributed by atoms with van der Waals surface area (Å²) in [7, 11) is 10.7. The third kappa shape index (κ3) is 6.79. The third-order valence-electron chi connectivity index (χ3n) is 7.92. The van der Waals surface area contributed by atoms with Gasteiger partial charge >= 0.3 is 37.9 Å². The summed E-state index contributed by atoms with van der Waals surface area (Å²) >= 11 is -0.826. The first-order valence-electron chi connectivity index (χ1n) is 14.2. The monoisotopic (exact) mass is 676 g/mol. The molecule has 206 valence electrons. The second-order valence-corrected chi connectivity index (χ2v) is 15.5. The summed E-state index contributed by atoms with van der Waals surface area (Å²) in [5, 5.41) is 5.55. The van der Waals surface area contributed by atoms with Crippen LogP contribution in [0, 0.1) is 13.0 Å². The first-order chi connectivity index (χ1) is 20.5. The van der Waals surface area contributed by atoms with Gasteiger partial charge < -0.3 is 0 Å². The minimum absolute atomic E-state index is 0.597. The number of aryl methyl sites for hydroxylation is 1. The Morgan fingerprint density at radius 2 is 1.43 bits per heavy atom. The Labute approximate surface area is 271 Å². The van der Waals surface area contributed by atoms with E-state index < -0.39 is 20.8 Å². The largest absolute Gasteiger partial charge is 0.184 e. The van der Waals surface area contributed by atoms with Crippen molar-refractivity contribution in [1.82, 2.24) is 0 Å². The number of rotatable bonds is 4. The summed E-state index contributed by atoms with van der Waals surface area (Å²) < 4.78 is 0. The Morgan fingerprint density at radius 1 is 0.786 bits per heavy atom. The molecule has 2 radical (unpaired) electrons. The first kappa shape index (κ1) is 30.8. The maximum Gasteiger partial charge on any atom is 0.0920 e. The maximum atomic E-state index is 4.93. The van der Waals surface area contributed by atoms with Crippen molar-refractivity contribution in [3.8, 4) is 33.4 Å². The molecule has 1 aliphatic heterocycles. The van der Waals surface area contributed by atoms with Crippen LogP contribution in [-0.4, -0.2) is 9.52 Å². The molecule has 6 aromatic rings. The van der Waals surface area contributed by atoms with Crippen molar-refractivity contribution in [1.29, 1.82) is 0 Å². The molecule has 0 fully saturated rings. The zero-order valence-corrected chi connectivity index (χ0v) is 29.1.